The molecule has 1 radical (unpaired) electrons. The molecule has 0 aromatic heterocycles. The number of hydrogen-bond acceptors (Lipinski definition) is 3. The molecule has 0 spiro atoms. The predicted octanol–water partition coefficient (Wildman–Crippen LogP) is -0.213. The van der Waals surface area contributed by atoms with Gasteiger partial charge in [-0.05, 0) is 6.92 Å². The number of amidine groups is 1. The van der Waals surface area contributed by atoms with Gasteiger partial charge < -0.3 is 5.43 Å². The van der Waals surface area contributed by atoms with Crippen LogP contribution in [0.4, 0.5) is 0 Å². The van der Waals surface area contributed by atoms with Crippen molar-refractivity contribution in [2.24, 2.45) is 4.99 Å². The van der Waals surface area contributed by atoms with E-state index in [1.165, 1.54) is 0 Å². The minimum atomic E-state index is 0.836. The summed E-state index contributed by atoms with van der Waals surface area (Å²) in [5.41, 5.74) is 5.48. The van der Waals surface area contributed by atoms with Gasteiger partial charge in [-0.25, -0.2) is 4.99 Å². The Bertz CT molecular complexity index is 114. The van der Waals surface area contributed by atoms with Crippen molar-refractivity contribution < 1.29 is 0 Å². The SMILES string of the molecule is CC1=N[C]=CNN1. The number of aliphatic imine (C=N–C) groups is 1. The van der Waals surface area contributed by atoms with Crippen molar-refractivity contribution in [2.45, 2.75) is 6.92 Å². The van der Waals surface area contributed by atoms with E-state index in [9.17, 15) is 0 Å². The summed E-state index contributed by atoms with van der Waals surface area (Å²) >= 11 is 0. The Kier molecular flexibility index (Phi) is 0.978. The van der Waals surface area contributed by atoms with E-state index in [2.05, 4.69) is 22.0 Å². The van der Waals surface area contributed by atoms with Crippen LogP contribution in [0.5, 0.6) is 0 Å². The first-order valence-corrected chi connectivity index (χ1v) is 2.02. The van der Waals surface area contributed by atoms with Gasteiger partial charge in [0.25, 0.3) is 0 Å². The zero-order valence-electron chi connectivity index (χ0n) is 4.02. The second-order valence-corrected chi connectivity index (χ2v) is 1.24. The van der Waals surface area contributed by atoms with E-state index < -0.39 is 0 Å². The molecule has 3 heteroatoms. The van der Waals surface area contributed by atoms with E-state index in [0.29, 0.717) is 0 Å². The molecule has 0 aromatic carbocycles. The van der Waals surface area contributed by atoms with Gasteiger partial charge in [-0.2, -0.15) is 0 Å². The van der Waals surface area contributed by atoms with Crippen LogP contribution in [0.25, 0.3) is 0 Å². The van der Waals surface area contributed by atoms with Gasteiger partial charge in [0.05, 0.1) is 0 Å². The Morgan fingerprint density at radius 3 is 3.00 bits per heavy atom. The molecular weight excluding hydrogens is 90.1 g/mol. The molecular formula is C4H6N3. The van der Waals surface area contributed by atoms with Gasteiger partial charge >= 0.3 is 0 Å². The maximum absolute atomic E-state index is 3.77. The first-order chi connectivity index (χ1) is 3.39. The lowest BCUT2D eigenvalue weighted by Gasteiger charge is -2.05. The summed E-state index contributed by atoms with van der Waals surface area (Å²) in [4.78, 5) is 3.77. The number of nitrogens with zero attached hydrogens (tertiary/aromatic N) is 1. The molecule has 0 fully saturated rings. The van der Waals surface area contributed by atoms with Crippen LogP contribution in [0.3, 0.4) is 0 Å². The number of hydrogen-bond donors (Lipinski definition) is 2. The maximum atomic E-state index is 3.77. The quantitative estimate of drug-likeness (QED) is 0.437. The lowest BCUT2D eigenvalue weighted by atomic mass is 10.7. The molecule has 1 aliphatic rings. The van der Waals surface area contributed by atoms with Crippen molar-refractivity contribution in [3.63, 3.8) is 0 Å². The number of rotatable bonds is 0. The van der Waals surface area contributed by atoms with Crippen LogP contribution in [0.15, 0.2) is 11.2 Å². The summed E-state index contributed by atoms with van der Waals surface area (Å²) < 4.78 is 0. The van der Waals surface area contributed by atoms with Crippen molar-refractivity contribution >= 4 is 5.84 Å². The number of nitrogens with one attached hydrogen (secondary N) is 2. The zero-order valence-corrected chi connectivity index (χ0v) is 4.02. The summed E-state index contributed by atoms with van der Waals surface area (Å²) in [6.07, 6.45) is 4.23. The molecule has 1 heterocycles. The first kappa shape index (κ1) is 4.18. The van der Waals surface area contributed by atoms with Gasteiger partial charge in [-0.3, -0.25) is 5.43 Å². The Labute approximate surface area is 42.1 Å². The molecule has 0 aromatic rings. The fourth-order valence-corrected chi connectivity index (χ4v) is 0.330. The summed E-state index contributed by atoms with van der Waals surface area (Å²) in [7, 11) is 0. The van der Waals surface area contributed by atoms with Crippen molar-refractivity contribution in [1.82, 2.24) is 10.9 Å². The Balaban J connectivity index is 2.57. The van der Waals surface area contributed by atoms with Crippen molar-refractivity contribution in [2.75, 3.05) is 0 Å². The average molecular weight is 96.1 g/mol. The van der Waals surface area contributed by atoms with Crippen LogP contribution < -0.4 is 10.9 Å². The summed E-state index contributed by atoms with van der Waals surface area (Å²) in [5, 5.41) is 0. The molecule has 0 saturated heterocycles. The molecule has 0 aliphatic carbocycles. The number of hydrazine groups is 1. The molecule has 1 rings (SSSR count). The van der Waals surface area contributed by atoms with E-state index in [4.69, 9.17) is 0 Å². The molecule has 0 bridgehead atoms. The van der Waals surface area contributed by atoms with Crippen LogP contribution >= 0.6 is 0 Å². The van der Waals surface area contributed by atoms with Crippen LogP contribution in [-0.4, -0.2) is 5.84 Å². The van der Waals surface area contributed by atoms with Gasteiger partial charge in [-0.1, -0.05) is 0 Å². The minimum absolute atomic E-state index is 0.836. The van der Waals surface area contributed by atoms with E-state index >= 15 is 0 Å². The molecule has 2 N–H and O–H groups in total. The third-order valence-corrected chi connectivity index (χ3v) is 0.622. The predicted molar refractivity (Wildman–Crippen MR) is 27.2 cm³/mol. The lowest BCUT2D eigenvalue weighted by Crippen LogP contribution is -2.33. The minimum Gasteiger partial charge on any atom is -0.305 e. The average Bonchev–Trinajstić information content (AvgIpc) is 1.69. The standard InChI is InChI=1S/C4H6N3/c1-4-5-2-3-6-7-4/h3,6H,1H3,(H,5,7). The third kappa shape index (κ3) is 0.924. The van der Waals surface area contributed by atoms with E-state index in [0.717, 1.165) is 5.84 Å². The van der Waals surface area contributed by atoms with E-state index in [1.54, 1.807) is 6.20 Å². The van der Waals surface area contributed by atoms with Gasteiger partial charge in [0, 0.05) is 6.20 Å². The highest BCUT2D eigenvalue weighted by molar-refractivity contribution is 5.79. The molecule has 0 atom stereocenters. The first-order valence-electron chi connectivity index (χ1n) is 2.02. The maximum Gasteiger partial charge on any atom is 0.118 e. The monoisotopic (exact) mass is 96.1 g/mol. The fourth-order valence-electron chi connectivity index (χ4n) is 0.330. The second kappa shape index (κ2) is 1.64. The lowest BCUT2D eigenvalue weighted by molar-refractivity contribution is 0.791. The molecule has 0 unspecified atom stereocenters. The Morgan fingerprint density at radius 2 is 2.71 bits per heavy atom. The molecule has 0 saturated carbocycles. The molecule has 3 nitrogen and oxygen atoms in total. The smallest absolute Gasteiger partial charge is 0.118 e. The topological polar surface area (TPSA) is 36.4 Å². The van der Waals surface area contributed by atoms with Crippen molar-refractivity contribution in [1.29, 1.82) is 0 Å². The Hall–Kier alpha value is -0.990. The highest BCUT2D eigenvalue weighted by Crippen LogP contribution is 1.76. The van der Waals surface area contributed by atoms with Crippen LogP contribution in [0.1, 0.15) is 6.92 Å². The molecule has 0 amide bonds. The largest absolute Gasteiger partial charge is 0.305 e. The summed E-state index contributed by atoms with van der Waals surface area (Å²) in [6, 6.07) is 0. The van der Waals surface area contributed by atoms with Crippen LogP contribution in [-0.2, 0) is 0 Å². The van der Waals surface area contributed by atoms with E-state index in [-0.39, 0.29) is 0 Å². The van der Waals surface area contributed by atoms with Crippen LogP contribution in [0, 0.1) is 6.20 Å². The third-order valence-electron chi connectivity index (χ3n) is 0.622. The molecule has 7 heavy (non-hydrogen) atoms. The fraction of sp³-hybridized carbons (Fsp3) is 0.250. The van der Waals surface area contributed by atoms with Gasteiger partial charge in [0.15, 0.2) is 0 Å². The molecule has 1 aliphatic heterocycles. The zero-order chi connectivity index (χ0) is 5.11. The normalized spacial score (nSPS) is 17.0. The van der Waals surface area contributed by atoms with Gasteiger partial charge in [0.1, 0.15) is 12.0 Å². The van der Waals surface area contributed by atoms with Crippen molar-refractivity contribution in [3.05, 3.63) is 12.4 Å². The van der Waals surface area contributed by atoms with Crippen LogP contribution in [0.2, 0.25) is 0 Å². The highest BCUT2D eigenvalue weighted by atomic mass is 15.4. The second-order valence-electron chi connectivity index (χ2n) is 1.24. The summed E-state index contributed by atoms with van der Waals surface area (Å²) in [6.45, 7) is 1.85. The van der Waals surface area contributed by atoms with E-state index in [1.807, 2.05) is 6.92 Å². The highest BCUT2D eigenvalue weighted by Gasteiger charge is 1.86. The van der Waals surface area contributed by atoms with Gasteiger partial charge in [0.2, 0.25) is 0 Å². The summed E-state index contributed by atoms with van der Waals surface area (Å²) in [5.74, 6) is 0.836. The Morgan fingerprint density at radius 1 is 1.86 bits per heavy atom. The van der Waals surface area contributed by atoms with Crippen molar-refractivity contribution in [3.8, 4) is 0 Å². The molecule has 37 valence electrons. The van der Waals surface area contributed by atoms with Gasteiger partial charge in [-0.15, -0.1) is 0 Å².